The molecule has 3 heterocycles. The molecule has 0 saturated heterocycles. The predicted molar refractivity (Wildman–Crippen MR) is 203 cm³/mol. The lowest BCUT2D eigenvalue weighted by Gasteiger charge is -1.96. The van der Waals surface area contributed by atoms with Gasteiger partial charge in [0.05, 0.1) is 15.1 Å². The van der Waals surface area contributed by atoms with Crippen molar-refractivity contribution >= 4 is 120 Å². The number of primary amides is 1. The first kappa shape index (κ1) is 40.4. The van der Waals surface area contributed by atoms with Crippen LogP contribution in [0.5, 0.6) is 0 Å². The number of nitrogens with zero attached hydrogens (tertiary/aromatic N) is 4. The van der Waals surface area contributed by atoms with E-state index in [1.54, 1.807) is 0 Å². The molecule has 0 spiro atoms. The maximum absolute atomic E-state index is 11.0. The number of aromatic carboxylic acids is 1. The van der Waals surface area contributed by atoms with Crippen molar-refractivity contribution in [3.63, 3.8) is 0 Å². The van der Waals surface area contributed by atoms with E-state index in [0.717, 1.165) is 51.3 Å². The summed E-state index contributed by atoms with van der Waals surface area (Å²) in [4.78, 5) is 22.6. The van der Waals surface area contributed by atoms with Crippen LogP contribution in [0.1, 0.15) is 24.2 Å². The number of carbonyl (C=O) groups excluding carboxylic acids is 1. The molecule has 0 aliphatic heterocycles. The van der Waals surface area contributed by atoms with Crippen molar-refractivity contribution in [1.82, 2.24) is 13.1 Å². The molecule has 0 aliphatic carbocycles. The molecule has 252 valence electrons. The van der Waals surface area contributed by atoms with Gasteiger partial charge in [-0.05, 0) is 68.3 Å². The molecule has 1 amide bonds. The van der Waals surface area contributed by atoms with Gasteiger partial charge in [-0.15, -0.1) is 0 Å². The quantitative estimate of drug-likeness (QED) is 0.162. The number of amides is 1. The highest BCUT2D eigenvalue weighted by atomic mass is 36.0. The predicted octanol–water partition coefficient (Wildman–Crippen LogP) is 11.9. The fourth-order valence-electron chi connectivity index (χ4n) is 3.52. The Bertz CT molecular complexity index is 2000. The molecular weight excluding hydrogens is 834 g/mol. The van der Waals surface area contributed by atoms with E-state index in [1.807, 2.05) is 97.1 Å². The van der Waals surface area contributed by atoms with Crippen molar-refractivity contribution in [2.24, 2.45) is 5.73 Å². The Morgan fingerprint density at radius 2 is 0.980 bits per heavy atom. The van der Waals surface area contributed by atoms with Gasteiger partial charge in [0.25, 0.3) is 5.91 Å². The number of halogens is 6. The summed E-state index contributed by atoms with van der Waals surface area (Å²) < 4.78 is 21.8. The maximum atomic E-state index is 11.0. The monoisotopic (exact) mass is 849 g/mol. The average Bonchev–Trinajstić information content (AvgIpc) is 3.78. The minimum atomic E-state index is -3.22. The van der Waals surface area contributed by atoms with Gasteiger partial charge in [0, 0.05) is 16.7 Å². The van der Waals surface area contributed by atoms with Crippen molar-refractivity contribution in [3.05, 3.63) is 121 Å². The van der Waals surface area contributed by atoms with E-state index in [0.29, 0.717) is 36.9 Å². The summed E-state index contributed by atoms with van der Waals surface area (Å²) in [5.74, 6) is -1.58. The molecule has 49 heavy (non-hydrogen) atoms. The van der Waals surface area contributed by atoms with Gasteiger partial charge in [0.2, 0.25) is 0 Å². The lowest BCUT2D eigenvalue weighted by molar-refractivity contribution is 0.0702. The molecule has 9 nitrogen and oxygen atoms in total. The number of carboxylic acid groups (broad SMARTS) is 1. The Morgan fingerprint density at radius 3 is 1.27 bits per heavy atom. The third-order valence-corrected chi connectivity index (χ3v) is 9.46. The van der Waals surface area contributed by atoms with Crippen LogP contribution in [0.4, 0.5) is 0 Å². The van der Waals surface area contributed by atoms with Crippen molar-refractivity contribution in [2.75, 3.05) is 0 Å². The highest BCUT2D eigenvalue weighted by Gasteiger charge is 2.18. The van der Waals surface area contributed by atoms with Gasteiger partial charge in [-0.3, -0.25) is 9.36 Å². The third-order valence-electron chi connectivity index (χ3n) is 5.57. The molecule has 3 aromatic carbocycles. The molecule has 3 N–H and O–H groups in total. The zero-order chi connectivity index (χ0) is 36.1. The Balaban J connectivity index is 0.000000186. The normalized spacial score (nSPS) is 10.2. The van der Waals surface area contributed by atoms with Crippen LogP contribution >= 0.6 is 108 Å². The fraction of sp³-hybridized carbons (Fsp3) is 0. The molecule has 0 aliphatic rings. The Hall–Kier alpha value is -3.05. The standard InChI is InChI=1S/C10H7ClN2OS.C10H5ClN2S.C10H6ClNO2S.Cl3OP/c11-7-8(6-4-2-1-3-5-6)13-15-9(7)10(12)14;11-9-8(6-12)14-13-10(9)7-4-2-1-3-5-7;11-7-8(6-4-2-1-3-5-6)12-15-9(7)10(13)14;1-5(2,3)4/h1-5H,(H2,12,14);1-5H;1-5H,(H,13,14);. The van der Waals surface area contributed by atoms with Crippen LogP contribution in [0, 0.1) is 11.3 Å². The lowest BCUT2D eigenvalue weighted by Crippen LogP contribution is -2.09. The van der Waals surface area contributed by atoms with Gasteiger partial charge in [-0.2, -0.15) is 18.4 Å². The molecule has 0 unspecified atom stereocenters. The van der Waals surface area contributed by atoms with Crippen molar-refractivity contribution in [2.45, 2.75) is 0 Å². The molecular formula is C30H18Cl6N5O4PS3. The van der Waals surface area contributed by atoms with E-state index in [9.17, 15) is 14.2 Å². The van der Waals surface area contributed by atoms with E-state index in [1.165, 1.54) is 0 Å². The van der Waals surface area contributed by atoms with Crippen molar-refractivity contribution in [3.8, 4) is 39.8 Å². The molecule has 0 saturated carbocycles. The fourth-order valence-corrected chi connectivity index (χ4v) is 6.53. The van der Waals surface area contributed by atoms with Gasteiger partial charge < -0.3 is 10.8 Å². The molecule has 0 atom stereocenters. The number of hydrogen-bond acceptors (Lipinski definition) is 10. The molecule has 3 aromatic heterocycles. The summed E-state index contributed by atoms with van der Waals surface area (Å²) in [6.45, 7) is 0. The Kier molecular flexibility index (Phi) is 16.0. The molecule has 0 bridgehead atoms. The first-order chi connectivity index (χ1) is 23.2. The van der Waals surface area contributed by atoms with Crippen LogP contribution < -0.4 is 5.73 Å². The third kappa shape index (κ3) is 12.3. The van der Waals surface area contributed by atoms with Gasteiger partial charge in [0.1, 0.15) is 32.9 Å². The van der Waals surface area contributed by atoms with Crippen LogP contribution in [-0.4, -0.2) is 30.1 Å². The second-order valence-corrected chi connectivity index (χ2v) is 18.9. The first-order valence-electron chi connectivity index (χ1n) is 13.0. The number of hydrogen-bond donors (Lipinski definition) is 2. The summed E-state index contributed by atoms with van der Waals surface area (Å²) in [6.07, 6.45) is 0. The van der Waals surface area contributed by atoms with E-state index >= 15 is 0 Å². The summed E-state index contributed by atoms with van der Waals surface area (Å²) in [5.41, 5.74) is 9.62. The largest absolute Gasteiger partial charge is 0.477 e. The maximum Gasteiger partial charge on any atom is 0.349 e. The van der Waals surface area contributed by atoms with Gasteiger partial charge in [-0.1, -0.05) is 126 Å². The topological polar surface area (TPSA) is 160 Å². The van der Waals surface area contributed by atoms with Gasteiger partial charge in [-0.25, -0.2) is 4.79 Å². The van der Waals surface area contributed by atoms with Crippen LogP contribution in [0.2, 0.25) is 15.1 Å². The number of carboxylic acids is 1. The minimum Gasteiger partial charge on any atom is -0.477 e. The number of carbonyl (C=O) groups is 2. The second kappa shape index (κ2) is 19.4. The van der Waals surface area contributed by atoms with Gasteiger partial charge >= 0.3 is 11.2 Å². The number of benzene rings is 3. The van der Waals surface area contributed by atoms with Crippen LogP contribution in [0.25, 0.3) is 33.8 Å². The zero-order valence-corrected chi connectivity index (χ0v) is 32.0. The number of aromatic nitrogens is 3. The van der Waals surface area contributed by atoms with Crippen LogP contribution in [-0.2, 0) is 4.57 Å². The van der Waals surface area contributed by atoms with E-state index < -0.39 is 17.1 Å². The second-order valence-electron chi connectivity index (χ2n) is 8.80. The average molecular weight is 852 g/mol. The number of nitrogens with two attached hydrogens (primary N) is 1. The minimum absolute atomic E-state index is 0.0792. The zero-order valence-electron chi connectivity index (χ0n) is 24.1. The lowest BCUT2D eigenvalue weighted by atomic mass is 10.1. The summed E-state index contributed by atoms with van der Waals surface area (Å²) >= 11 is 34.8. The number of nitriles is 1. The summed E-state index contributed by atoms with van der Waals surface area (Å²) in [7, 11) is 0. The molecule has 6 rings (SSSR count). The SMILES string of the molecule is N#Cc1snc(-c2ccccc2)c1Cl.NC(=O)c1snc(-c2ccccc2)c1Cl.O=C(O)c1snc(-c2ccccc2)c1Cl.O=P(Cl)(Cl)Cl. The molecule has 19 heteroatoms. The summed E-state index contributed by atoms with van der Waals surface area (Å²) in [5, 5.41) is 15.3. The number of rotatable bonds is 5. The van der Waals surface area contributed by atoms with E-state index in [4.69, 9.17) is 50.9 Å². The van der Waals surface area contributed by atoms with Crippen LogP contribution in [0.15, 0.2) is 91.0 Å². The first-order valence-corrected chi connectivity index (χ1v) is 20.8. The van der Waals surface area contributed by atoms with Crippen molar-refractivity contribution < 1.29 is 19.3 Å². The summed E-state index contributed by atoms with van der Waals surface area (Å²) in [6, 6.07) is 30.3. The Morgan fingerprint density at radius 1 is 0.653 bits per heavy atom. The smallest absolute Gasteiger partial charge is 0.349 e. The highest BCUT2D eigenvalue weighted by molar-refractivity contribution is 8.24. The van der Waals surface area contributed by atoms with Crippen molar-refractivity contribution in [1.29, 1.82) is 5.26 Å². The Labute approximate surface area is 321 Å². The van der Waals surface area contributed by atoms with E-state index in [2.05, 4.69) is 46.8 Å². The molecule has 6 aromatic rings. The molecule has 0 radical (unpaired) electrons. The van der Waals surface area contributed by atoms with E-state index in [-0.39, 0.29) is 9.90 Å². The highest BCUT2D eigenvalue weighted by Crippen LogP contribution is 2.61. The molecule has 0 fully saturated rings. The van der Waals surface area contributed by atoms with Gasteiger partial charge in [0.15, 0.2) is 4.88 Å². The van der Waals surface area contributed by atoms with Crippen LogP contribution in [0.3, 0.4) is 0 Å².